The molecule has 1 aliphatic rings. The number of carboxylic acids is 1. The highest BCUT2D eigenvalue weighted by molar-refractivity contribution is 5.85. The zero-order valence-corrected chi connectivity index (χ0v) is 19.6. The summed E-state index contributed by atoms with van der Waals surface area (Å²) in [5.41, 5.74) is 6.20. The first-order valence-corrected chi connectivity index (χ1v) is 12.2. The summed E-state index contributed by atoms with van der Waals surface area (Å²) in [7, 11) is 0. The maximum Gasteiger partial charge on any atom is 0.314 e. The van der Waals surface area contributed by atoms with E-state index in [1.807, 2.05) is 66.7 Å². The molecule has 3 aromatic carbocycles. The van der Waals surface area contributed by atoms with Crippen LogP contribution in [-0.4, -0.2) is 21.2 Å². The molecule has 4 heteroatoms. The number of aliphatic hydroxyl groups excluding tert-OH is 1. The molecule has 0 bridgehead atoms. The number of carboxylic acid groups (broad SMARTS) is 1. The molecular formula is C31H29NO3. The number of aliphatic hydroxyl groups is 1. The van der Waals surface area contributed by atoms with Crippen molar-refractivity contribution in [3.63, 3.8) is 0 Å². The Labute approximate surface area is 205 Å². The minimum absolute atomic E-state index is 0.571. The van der Waals surface area contributed by atoms with Crippen LogP contribution < -0.4 is 0 Å². The Balaban J connectivity index is 1.29. The maximum absolute atomic E-state index is 11.6. The van der Waals surface area contributed by atoms with Crippen LogP contribution in [0.5, 0.6) is 0 Å². The van der Waals surface area contributed by atoms with Crippen LogP contribution in [0, 0.1) is 0 Å². The van der Waals surface area contributed by atoms with Gasteiger partial charge in [0.15, 0.2) is 0 Å². The van der Waals surface area contributed by atoms with Crippen molar-refractivity contribution in [2.24, 2.45) is 0 Å². The predicted octanol–water partition coefficient (Wildman–Crippen LogP) is 6.59. The number of rotatable bonds is 9. The second kappa shape index (κ2) is 9.85. The number of nitrogens with zero attached hydrogens (tertiary/aromatic N) is 1. The molecule has 0 spiro atoms. The fourth-order valence-electron chi connectivity index (χ4n) is 4.78. The van der Waals surface area contributed by atoms with Crippen LogP contribution in [-0.2, 0) is 16.6 Å². The molecule has 0 saturated heterocycles. The lowest BCUT2D eigenvalue weighted by Crippen LogP contribution is -2.19. The molecule has 1 unspecified atom stereocenters. The molecule has 0 amide bonds. The first-order chi connectivity index (χ1) is 17.1. The van der Waals surface area contributed by atoms with Crippen molar-refractivity contribution in [1.82, 2.24) is 4.98 Å². The summed E-state index contributed by atoms with van der Waals surface area (Å²) in [5, 5.41) is 20.4. The van der Waals surface area contributed by atoms with Crippen molar-refractivity contribution >= 4 is 5.97 Å². The molecular weight excluding hydrogens is 434 g/mol. The largest absolute Gasteiger partial charge is 0.481 e. The molecule has 2 N–H and O–H groups in total. The van der Waals surface area contributed by atoms with Crippen LogP contribution in [0.1, 0.15) is 48.5 Å². The SMILES string of the molecule is O=C(O)C1(c2ccc(-c3ccc(-c4ncccc4C(O)CCCc4ccccc4)cc3)cc2)CC1. The molecule has 0 radical (unpaired) electrons. The summed E-state index contributed by atoms with van der Waals surface area (Å²) < 4.78 is 0. The van der Waals surface area contributed by atoms with Crippen LogP contribution in [0.3, 0.4) is 0 Å². The van der Waals surface area contributed by atoms with Crippen LogP contribution in [0.2, 0.25) is 0 Å². The third-order valence-electron chi connectivity index (χ3n) is 7.07. The average molecular weight is 464 g/mol. The smallest absolute Gasteiger partial charge is 0.314 e. The van der Waals surface area contributed by atoms with E-state index in [9.17, 15) is 15.0 Å². The number of hydrogen-bond acceptors (Lipinski definition) is 3. The normalized spacial score (nSPS) is 14.9. The van der Waals surface area contributed by atoms with Crippen LogP contribution in [0.15, 0.2) is 97.2 Å². The van der Waals surface area contributed by atoms with Crippen molar-refractivity contribution in [2.45, 2.75) is 43.6 Å². The molecule has 1 heterocycles. The highest BCUT2D eigenvalue weighted by Crippen LogP contribution is 2.48. The van der Waals surface area contributed by atoms with Gasteiger partial charge in [-0.05, 0) is 60.4 Å². The van der Waals surface area contributed by atoms with Crippen LogP contribution >= 0.6 is 0 Å². The molecule has 5 rings (SSSR count). The molecule has 4 aromatic rings. The van der Waals surface area contributed by atoms with E-state index in [4.69, 9.17) is 0 Å². The highest BCUT2D eigenvalue weighted by atomic mass is 16.4. The number of aromatic nitrogens is 1. The number of hydrogen-bond donors (Lipinski definition) is 2. The molecule has 1 fully saturated rings. The third kappa shape index (κ3) is 4.89. The Hall–Kier alpha value is -3.76. The maximum atomic E-state index is 11.6. The monoisotopic (exact) mass is 463 g/mol. The van der Waals surface area contributed by atoms with Gasteiger partial charge in [0.25, 0.3) is 0 Å². The van der Waals surface area contributed by atoms with E-state index < -0.39 is 17.5 Å². The predicted molar refractivity (Wildman–Crippen MR) is 138 cm³/mol. The number of aryl methyl sites for hydroxylation is 1. The zero-order valence-electron chi connectivity index (χ0n) is 19.6. The number of pyridine rings is 1. The van der Waals surface area contributed by atoms with Gasteiger partial charge in [-0.3, -0.25) is 9.78 Å². The number of benzene rings is 3. The van der Waals surface area contributed by atoms with Gasteiger partial charge in [0.1, 0.15) is 0 Å². The Kier molecular flexibility index (Phi) is 6.47. The van der Waals surface area contributed by atoms with E-state index in [-0.39, 0.29) is 0 Å². The number of aliphatic carboxylic acids is 1. The molecule has 1 aromatic heterocycles. The van der Waals surface area contributed by atoms with E-state index in [2.05, 4.69) is 29.2 Å². The Morgan fingerprint density at radius 2 is 1.46 bits per heavy atom. The van der Waals surface area contributed by atoms with Crippen molar-refractivity contribution < 1.29 is 15.0 Å². The quantitative estimate of drug-likeness (QED) is 0.294. The van der Waals surface area contributed by atoms with Crippen LogP contribution in [0.4, 0.5) is 0 Å². The summed E-state index contributed by atoms with van der Waals surface area (Å²) in [6, 6.07) is 30.2. The fraction of sp³-hybridized carbons (Fsp3) is 0.226. The van der Waals surface area contributed by atoms with Gasteiger partial charge in [-0.2, -0.15) is 0 Å². The summed E-state index contributed by atoms with van der Waals surface area (Å²) >= 11 is 0. The van der Waals surface area contributed by atoms with Crippen molar-refractivity contribution in [2.75, 3.05) is 0 Å². The topological polar surface area (TPSA) is 70.4 Å². The van der Waals surface area contributed by atoms with Crippen molar-refractivity contribution in [3.05, 3.63) is 114 Å². The van der Waals surface area contributed by atoms with Crippen molar-refractivity contribution in [1.29, 1.82) is 0 Å². The van der Waals surface area contributed by atoms with Gasteiger partial charge in [-0.1, -0.05) is 84.9 Å². The minimum Gasteiger partial charge on any atom is -0.481 e. The summed E-state index contributed by atoms with van der Waals surface area (Å²) in [6.07, 6.45) is 5.13. The second-order valence-corrected chi connectivity index (χ2v) is 9.38. The zero-order chi connectivity index (χ0) is 24.3. The van der Waals surface area contributed by atoms with Gasteiger partial charge in [-0.25, -0.2) is 0 Å². The Morgan fingerprint density at radius 3 is 2.09 bits per heavy atom. The van der Waals surface area contributed by atoms with E-state index in [1.54, 1.807) is 6.20 Å². The van der Waals surface area contributed by atoms with Gasteiger partial charge in [0, 0.05) is 17.3 Å². The summed E-state index contributed by atoms with van der Waals surface area (Å²) in [4.78, 5) is 16.2. The Morgan fingerprint density at radius 1 is 0.829 bits per heavy atom. The van der Waals surface area contributed by atoms with Gasteiger partial charge >= 0.3 is 5.97 Å². The van der Waals surface area contributed by atoms with E-state index in [0.29, 0.717) is 19.3 Å². The van der Waals surface area contributed by atoms with E-state index in [0.717, 1.165) is 46.4 Å². The first-order valence-electron chi connectivity index (χ1n) is 12.2. The molecule has 0 aliphatic heterocycles. The molecule has 176 valence electrons. The van der Waals surface area contributed by atoms with Crippen LogP contribution in [0.25, 0.3) is 22.4 Å². The third-order valence-corrected chi connectivity index (χ3v) is 7.07. The molecule has 4 nitrogen and oxygen atoms in total. The highest BCUT2D eigenvalue weighted by Gasteiger charge is 2.51. The van der Waals surface area contributed by atoms with Gasteiger partial charge in [0.2, 0.25) is 0 Å². The summed E-state index contributed by atoms with van der Waals surface area (Å²) in [5.74, 6) is -0.733. The Bertz CT molecular complexity index is 1290. The second-order valence-electron chi connectivity index (χ2n) is 9.38. The molecule has 1 saturated carbocycles. The van der Waals surface area contributed by atoms with Gasteiger partial charge in [0.05, 0.1) is 17.2 Å². The standard InChI is InChI=1S/C31H29NO3/c33-28(10-4-8-22-6-2-1-3-7-22)27-9-5-21-32-29(27)25-13-11-23(12-14-25)24-15-17-26(18-16-24)31(19-20-31)30(34)35/h1-3,5-7,9,11-18,21,28,33H,4,8,10,19-20H2,(H,34,35). The lowest BCUT2D eigenvalue weighted by Gasteiger charge is -2.15. The fourth-order valence-corrected chi connectivity index (χ4v) is 4.78. The summed E-state index contributed by atoms with van der Waals surface area (Å²) in [6.45, 7) is 0. The van der Waals surface area contributed by atoms with Gasteiger partial charge in [-0.15, -0.1) is 0 Å². The lowest BCUT2D eigenvalue weighted by atomic mass is 9.93. The number of carbonyl (C=O) groups is 1. The molecule has 35 heavy (non-hydrogen) atoms. The van der Waals surface area contributed by atoms with E-state index in [1.165, 1.54) is 5.56 Å². The first kappa shape index (κ1) is 23.0. The molecule has 1 atom stereocenters. The van der Waals surface area contributed by atoms with Crippen molar-refractivity contribution in [3.8, 4) is 22.4 Å². The van der Waals surface area contributed by atoms with E-state index >= 15 is 0 Å². The molecule has 1 aliphatic carbocycles. The lowest BCUT2D eigenvalue weighted by molar-refractivity contribution is -0.140. The minimum atomic E-state index is -0.733. The van der Waals surface area contributed by atoms with Gasteiger partial charge < -0.3 is 10.2 Å². The average Bonchev–Trinajstić information content (AvgIpc) is 3.72.